The van der Waals surface area contributed by atoms with Gasteiger partial charge in [0.1, 0.15) is 0 Å². The first-order chi connectivity index (χ1) is 10.2. The third-order valence-electron chi connectivity index (χ3n) is 3.89. The van der Waals surface area contributed by atoms with Crippen LogP contribution in [-0.4, -0.2) is 50.2 Å². The van der Waals surface area contributed by atoms with Gasteiger partial charge in [0.05, 0.1) is 19.4 Å². The number of aryl methyl sites for hydroxylation is 1. The Hall–Kier alpha value is -1.44. The normalized spacial score (nSPS) is 23.2. The summed E-state index contributed by atoms with van der Waals surface area (Å²) in [6, 6.07) is 7.78. The largest absolute Gasteiger partial charge is 0.363 e. The number of nitrogens with one attached hydrogen (secondary N) is 1. The highest BCUT2D eigenvalue weighted by molar-refractivity contribution is 7.88. The highest BCUT2D eigenvalue weighted by Crippen LogP contribution is 2.20. The molecule has 1 N–H and O–H groups in total. The quantitative estimate of drug-likeness (QED) is 0.882. The molecule has 6 nitrogen and oxygen atoms in total. The van der Waals surface area contributed by atoms with E-state index in [9.17, 15) is 13.2 Å². The zero-order valence-corrected chi connectivity index (χ0v) is 13.9. The molecule has 0 radical (unpaired) electrons. The van der Waals surface area contributed by atoms with E-state index in [-0.39, 0.29) is 25.6 Å². The van der Waals surface area contributed by atoms with E-state index >= 15 is 0 Å². The molecule has 7 heteroatoms. The molecule has 0 aromatic heterocycles. The molecular weight excluding hydrogens is 304 g/mol. The van der Waals surface area contributed by atoms with Gasteiger partial charge >= 0.3 is 0 Å². The fourth-order valence-corrected chi connectivity index (χ4v) is 3.31. The second-order valence-corrected chi connectivity index (χ2v) is 7.77. The van der Waals surface area contributed by atoms with Crippen LogP contribution >= 0.6 is 0 Å². The molecule has 1 heterocycles. The van der Waals surface area contributed by atoms with E-state index in [0.29, 0.717) is 6.54 Å². The number of hydrogen-bond donors (Lipinski definition) is 1. The number of carbonyl (C=O) groups is 1. The number of benzene rings is 1. The topological polar surface area (TPSA) is 75.7 Å². The number of morpholine rings is 1. The minimum atomic E-state index is -3.33. The fraction of sp³-hybridized carbons (Fsp3) is 0.533. The molecule has 1 amide bonds. The second-order valence-electron chi connectivity index (χ2n) is 5.79. The van der Waals surface area contributed by atoms with Crippen molar-refractivity contribution in [1.29, 1.82) is 0 Å². The summed E-state index contributed by atoms with van der Waals surface area (Å²) in [6.07, 6.45) is 1.14. The summed E-state index contributed by atoms with van der Waals surface area (Å²) in [7, 11) is -3.33. The molecule has 0 spiro atoms. The van der Waals surface area contributed by atoms with Crippen molar-refractivity contribution < 1.29 is 17.9 Å². The van der Waals surface area contributed by atoms with Crippen molar-refractivity contribution in [2.45, 2.75) is 26.0 Å². The van der Waals surface area contributed by atoms with Gasteiger partial charge in [0.25, 0.3) is 5.91 Å². The predicted octanol–water partition coefficient (Wildman–Crippen LogP) is 0.662. The third kappa shape index (κ3) is 3.85. The van der Waals surface area contributed by atoms with E-state index in [0.717, 1.165) is 17.4 Å². The fourth-order valence-electron chi connectivity index (χ4n) is 2.43. The number of nitrogens with zero attached hydrogens (tertiary/aromatic N) is 1. The Morgan fingerprint density at radius 1 is 1.41 bits per heavy atom. The summed E-state index contributed by atoms with van der Waals surface area (Å²) in [5.74, 6) is -0.302. The van der Waals surface area contributed by atoms with E-state index in [1.807, 2.05) is 31.2 Å². The van der Waals surface area contributed by atoms with Crippen LogP contribution in [0.3, 0.4) is 0 Å². The Morgan fingerprint density at radius 3 is 2.73 bits per heavy atom. The Kier molecular flexibility index (Phi) is 4.89. The Morgan fingerprint density at radius 2 is 2.09 bits per heavy atom. The lowest BCUT2D eigenvalue weighted by atomic mass is 10.0. The van der Waals surface area contributed by atoms with Crippen molar-refractivity contribution in [3.63, 3.8) is 0 Å². The van der Waals surface area contributed by atoms with Gasteiger partial charge in [0, 0.05) is 13.1 Å². The molecule has 22 heavy (non-hydrogen) atoms. The molecule has 1 aromatic rings. The molecule has 1 atom stereocenters. The molecule has 1 aliphatic rings. The van der Waals surface area contributed by atoms with Crippen molar-refractivity contribution in [2.24, 2.45) is 0 Å². The van der Waals surface area contributed by atoms with Crippen LogP contribution in [0, 0.1) is 6.92 Å². The number of carbonyl (C=O) groups excluding carboxylic acids is 1. The summed E-state index contributed by atoms with van der Waals surface area (Å²) >= 11 is 0. The van der Waals surface area contributed by atoms with Crippen LogP contribution in [0.1, 0.15) is 18.1 Å². The summed E-state index contributed by atoms with van der Waals surface area (Å²) in [6.45, 7) is 4.51. The summed E-state index contributed by atoms with van der Waals surface area (Å²) in [5.41, 5.74) is 0.954. The van der Waals surface area contributed by atoms with E-state index < -0.39 is 15.6 Å². The molecule has 0 unspecified atom stereocenters. The highest BCUT2D eigenvalue weighted by Gasteiger charge is 2.41. The number of rotatable bonds is 4. The molecule has 0 bridgehead atoms. The van der Waals surface area contributed by atoms with Crippen LogP contribution in [0.2, 0.25) is 0 Å². The summed E-state index contributed by atoms with van der Waals surface area (Å²) < 4.78 is 30.2. The van der Waals surface area contributed by atoms with E-state index in [4.69, 9.17) is 4.74 Å². The Bertz CT molecular complexity index is 659. The number of amides is 1. The van der Waals surface area contributed by atoms with Crippen molar-refractivity contribution in [2.75, 3.05) is 26.0 Å². The Balaban J connectivity index is 2.03. The number of hydrogen-bond acceptors (Lipinski definition) is 4. The molecule has 1 saturated heterocycles. The molecule has 2 rings (SSSR count). The standard InChI is InChI=1S/C15H22N2O4S/c1-12-6-4-5-7-13(12)10-16-14(18)15(2)11-17(8-9-21-15)22(3,19)20/h4-7H,8-11H2,1-3H3,(H,16,18)/t15-/m1/s1. The van der Waals surface area contributed by atoms with Crippen molar-refractivity contribution in [3.8, 4) is 0 Å². The summed E-state index contributed by atoms with van der Waals surface area (Å²) in [4.78, 5) is 12.4. The van der Waals surface area contributed by atoms with Crippen LogP contribution in [0.4, 0.5) is 0 Å². The average molecular weight is 326 g/mol. The monoisotopic (exact) mass is 326 g/mol. The molecule has 122 valence electrons. The highest BCUT2D eigenvalue weighted by atomic mass is 32.2. The molecular formula is C15H22N2O4S. The van der Waals surface area contributed by atoms with E-state index in [1.54, 1.807) is 6.92 Å². The smallest absolute Gasteiger partial charge is 0.253 e. The first kappa shape index (κ1) is 16.9. The molecule has 0 aliphatic carbocycles. The lowest BCUT2D eigenvalue weighted by Gasteiger charge is -2.38. The lowest BCUT2D eigenvalue weighted by molar-refractivity contribution is -0.152. The van der Waals surface area contributed by atoms with Gasteiger partial charge in [-0.1, -0.05) is 24.3 Å². The zero-order valence-electron chi connectivity index (χ0n) is 13.1. The van der Waals surface area contributed by atoms with Crippen molar-refractivity contribution in [3.05, 3.63) is 35.4 Å². The third-order valence-corrected chi connectivity index (χ3v) is 5.14. The van der Waals surface area contributed by atoms with Crippen LogP contribution in [0.5, 0.6) is 0 Å². The minimum absolute atomic E-state index is 0.0332. The molecule has 1 fully saturated rings. The van der Waals surface area contributed by atoms with Gasteiger partial charge in [0.2, 0.25) is 10.0 Å². The van der Waals surface area contributed by atoms with Crippen LogP contribution < -0.4 is 5.32 Å². The zero-order chi connectivity index (χ0) is 16.4. The van der Waals surface area contributed by atoms with Gasteiger partial charge in [-0.2, -0.15) is 4.31 Å². The molecule has 1 aromatic carbocycles. The van der Waals surface area contributed by atoms with Crippen molar-refractivity contribution >= 4 is 15.9 Å². The van der Waals surface area contributed by atoms with Gasteiger partial charge in [-0.15, -0.1) is 0 Å². The van der Waals surface area contributed by atoms with Gasteiger partial charge in [-0.3, -0.25) is 4.79 Å². The van der Waals surface area contributed by atoms with Crippen molar-refractivity contribution in [1.82, 2.24) is 9.62 Å². The number of sulfonamides is 1. The first-order valence-electron chi connectivity index (χ1n) is 7.14. The van der Waals surface area contributed by atoms with Crippen LogP contribution in [0.15, 0.2) is 24.3 Å². The predicted molar refractivity (Wildman–Crippen MR) is 83.8 cm³/mol. The SMILES string of the molecule is Cc1ccccc1CNC(=O)[C@@]1(C)CN(S(C)(=O)=O)CCO1. The summed E-state index contributed by atoms with van der Waals surface area (Å²) in [5, 5.41) is 2.84. The van der Waals surface area contributed by atoms with E-state index in [2.05, 4.69) is 5.32 Å². The second kappa shape index (κ2) is 6.36. The Labute approximate surface area is 131 Å². The molecule has 1 aliphatic heterocycles. The van der Waals surface area contributed by atoms with Gasteiger partial charge in [-0.25, -0.2) is 8.42 Å². The minimum Gasteiger partial charge on any atom is -0.363 e. The van der Waals surface area contributed by atoms with Crippen LogP contribution in [0.25, 0.3) is 0 Å². The van der Waals surface area contributed by atoms with Gasteiger partial charge in [-0.05, 0) is 25.0 Å². The maximum Gasteiger partial charge on any atom is 0.253 e. The number of ether oxygens (including phenoxy) is 1. The average Bonchev–Trinajstić information content (AvgIpc) is 2.45. The van der Waals surface area contributed by atoms with Crippen LogP contribution in [-0.2, 0) is 26.1 Å². The lowest BCUT2D eigenvalue weighted by Crippen LogP contribution is -2.59. The maximum absolute atomic E-state index is 12.4. The van der Waals surface area contributed by atoms with Gasteiger partial charge in [0.15, 0.2) is 5.60 Å². The molecule has 0 saturated carbocycles. The first-order valence-corrected chi connectivity index (χ1v) is 8.99. The van der Waals surface area contributed by atoms with Gasteiger partial charge < -0.3 is 10.1 Å². The van der Waals surface area contributed by atoms with E-state index in [1.165, 1.54) is 4.31 Å². The maximum atomic E-state index is 12.4.